The van der Waals surface area contributed by atoms with Gasteiger partial charge in [0, 0.05) is 12.2 Å². The van der Waals surface area contributed by atoms with Crippen molar-refractivity contribution < 1.29 is 5.11 Å². The fourth-order valence-corrected chi connectivity index (χ4v) is 3.89. The molecule has 3 nitrogen and oxygen atoms in total. The Morgan fingerprint density at radius 3 is 2.76 bits per heavy atom. The van der Waals surface area contributed by atoms with Gasteiger partial charge in [0.15, 0.2) is 0 Å². The van der Waals surface area contributed by atoms with E-state index in [-0.39, 0.29) is 6.10 Å². The topological polar surface area (TPSA) is 38.0 Å². The maximum Gasteiger partial charge on any atom is 0.0987 e. The van der Waals surface area contributed by atoms with Gasteiger partial charge in [0.2, 0.25) is 0 Å². The summed E-state index contributed by atoms with van der Waals surface area (Å²) in [7, 11) is 0. The van der Waals surface area contributed by atoms with Gasteiger partial charge in [-0.15, -0.1) is 0 Å². The van der Waals surface area contributed by atoms with Crippen LogP contribution in [0, 0.1) is 17.8 Å². The van der Waals surface area contributed by atoms with Gasteiger partial charge in [-0.1, -0.05) is 6.42 Å². The van der Waals surface area contributed by atoms with Crippen LogP contribution in [0.5, 0.6) is 0 Å². The number of fused-ring (bicyclic) bond motifs is 2. The normalized spacial score (nSPS) is 33.5. The predicted octanol–water partition coefficient (Wildman–Crippen LogP) is 2.93. The van der Waals surface area contributed by atoms with E-state index in [0.29, 0.717) is 12.0 Å². The fraction of sp³-hybridized carbons (Fsp3) is 0.786. The number of rotatable bonds is 3. The molecule has 0 saturated heterocycles. The molecule has 2 aliphatic carbocycles. The van der Waals surface area contributed by atoms with Crippen molar-refractivity contribution in [2.75, 3.05) is 0 Å². The van der Waals surface area contributed by atoms with Crippen LogP contribution >= 0.6 is 0 Å². The fourth-order valence-electron chi connectivity index (χ4n) is 3.89. The molecule has 1 aromatic heterocycles. The minimum atomic E-state index is -0.310. The van der Waals surface area contributed by atoms with Crippen molar-refractivity contribution in [3.8, 4) is 0 Å². The minimum Gasteiger partial charge on any atom is -0.387 e. The molecule has 2 fully saturated rings. The van der Waals surface area contributed by atoms with E-state index >= 15 is 0 Å². The molecule has 1 N–H and O–H groups in total. The first-order chi connectivity index (χ1) is 8.16. The molecular formula is C14H22N2O. The van der Waals surface area contributed by atoms with Crippen LogP contribution in [0.4, 0.5) is 0 Å². The van der Waals surface area contributed by atoms with Gasteiger partial charge in [-0.2, -0.15) is 5.10 Å². The zero-order chi connectivity index (χ0) is 12.0. The summed E-state index contributed by atoms with van der Waals surface area (Å²) in [6, 6.07) is 2.31. The second-order valence-corrected chi connectivity index (χ2v) is 6.08. The molecule has 2 aliphatic rings. The SMILES string of the molecule is CC(C)n1nccc1C(O)C1CC2CCC1C2. The lowest BCUT2D eigenvalue weighted by molar-refractivity contribution is 0.0657. The van der Waals surface area contributed by atoms with Gasteiger partial charge < -0.3 is 5.11 Å². The number of nitrogens with zero attached hydrogens (tertiary/aromatic N) is 2. The first-order valence-corrected chi connectivity index (χ1v) is 6.88. The Bertz CT molecular complexity index is 399. The number of aromatic nitrogens is 2. The molecule has 4 unspecified atom stereocenters. The van der Waals surface area contributed by atoms with E-state index < -0.39 is 0 Å². The quantitative estimate of drug-likeness (QED) is 0.873. The largest absolute Gasteiger partial charge is 0.387 e. The van der Waals surface area contributed by atoms with Crippen LogP contribution in [-0.2, 0) is 0 Å². The molecular weight excluding hydrogens is 212 g/mol. The second kappa shape index (κ2) is 4.13. The Balaban J connectivity index is 1.82. The maximum atomic E-state index is 10.6. The van der Waals surface area contributed by atoms with E-state index in [1.165, 1.54) is 25.7 Å². The highest BCUT2D eigenvalue weighted by Crippen LogP contribution is 2.52. The van der Waals surface area contributed by atoms with Gasteiger partial charge in [-0.05, 0) is 56.9 Å². The predicted molar refractivity (Wildman–Crippen MR) is 66.5 cm³/mol. The van der Waals surface area contributed by atoms with Crippen LogP contribution in [0.2, 0.25) is 0 Å². The lowest BCUT2D eigenvalue weighted by Gasteiger charge is -2.27. The lowest BCUT2D eigenvalue weighted by atomic mass is 9.83. The van der Waals surface area contributed by atoms with Gasteiger partial charge in [-0.3, -0.25) is 4.68 Å². The van der Waals surface area contributed by atoms with Crippen LogP contribution in [-0.4, -0.2) is 14.9 Å². The first-order valence-electron chi connectivity index (χ1n) is 6.88. The Morgan fingerprint density at radius 2 is 2.18 bits per heavy atom. The molecule has 1 aromatic rings. The van der Waals surface area contributed by atoms with Crippen molar-refractivity contribution in [1.82, 2.24) is 9.78 Å². The van der Waals surface area contributed by atoms with Crippen LogP contribution in [0.25, 0.3) is 0 Å². The van der Waals surface area contributed by atoms with Gasteiger partial charge in [0.1, 0.15) is 0 Å². The standard InChI is InChI=1S/C14H22N2O/c1-9(2)16-13(5-6-15-16)14(17)12-8-10-3-4-11(12)7-10/h5-6,9-12,14,17H,3-4,7-8H2,1-2H3. The molecule has 17 heavy (non-hydrogen) atoms. The number of aliphatic hydroxyl groups excluding tert-OH is 1. The molecule has 0 amide bonds. The third-order valence-corrected chi connectivity index (χ3v) is 4.69. The molecule has 0 radical (unpaired) electrons. The van der Waals surface area contributed by atoms with Crippen LogP contribution in [0.15, 0.2) is 12.3 Å². The van der Waals surface area contributed by atoms with E-state index in [1.807, 2.05) is 16.9 Å². The van der Waals surface area contributed by atoms with E-state index in [2.05, 4.69) is 18.9 Å². The Kier molecular flexibility index (Phi) is 2.74. The monoisotopic (exact) mass is 234 g/mol. The minimum absolute atomic E-state index is 0.310. The Labute approximate surface area is 103 Å². The lowest BCUT2D eigenvalue weighted by Crippen LogP contribution is -2.22. The molecule has 0 aromatic carbocycles. The molecule has 4 atom stereocenters. The molecule has 1 heterocycles. The summed E-state index contributed by atoms with van der Waals surface area (Å²) >= 11 is 0. The average molecular weight is 234 g/mol. The summed E-state index contributed by atoms with van der Waals surface area (Å²) in [5.74, 6) is 2.11. The highest BCUT2D eigenvalue weighted by Gasteiger charge is 2.43. The highest BCUT2D eigenvalue weighted by atomic mass is 16.3. The molecule has 2 bridgehead atoms. The van der Waals surface area contributed by atoms with Crippen LogP contribution in [0.3, 0.4) is 0 Å². The first kappa shape index (κ1) is 11.3. The maximum absolute atomic E-state index is 10.6. The summed E-state index contributed by atoms with van der Waals surface area (Å²) in [6.07, 6.45) is 6.77. The molecule has 0 aliphatic heterocycles. The molecule has 3 rings (SSSR count). The van der Waals surface area contributed by atoms with E-state index in [0.717, 1.165) is 17.5 Å². The van der Waals surface area contributed by atoms with Gasteiger partial charge >= 0.3 is 0 Å². The zero-order valence-corrected chi connectivity index (χ0v) is 10.7. The van der Waals surface area contributed by atoms with Crippen molar-refractivity contribution in [2.24, 2.45) is 17.8 Å². The summed E-state index contributed by atoms with van der Waals surface area (Å²) < 4.78 is 1.97. The third kappa shape index (κ3) is 1.81. The summed E-state index contributed by atoms with van der Waals surface area (Å²) in [6.45, 7) is 4.23. The van der Waals surface area contributed by atoms with Crippen LogP contribution < -0.4 is 0 Å². The summed E-state index contributed by atoms with van der Waals surface area (Å²) in [5.41, 5.74) is 1.01. The Morgan fingerprint density at radius 1 is 1.35 bits per heavy atom. The van der Waals surface area contributed by atoms with E-state index in [9.17, 15) is 5.11 Å². The van der Waals surface area contributed by atoms with E-state index in [1.54, 1.807) is 0 Å². The molecule has 3 heteroatoms. The molecule has 2 saturated carbocycles. The highest BCUT2D eigenvalue weighted by molar-refractivity contribution is 5.09. The van der Waals surface area contributed by atoms with Crippen molar-refractivity contribution in [3.05, 3.63) is 18.0 Å². The van der Waals surface area contributed by atoms with Gasteiger partial charge in [0.05, 0.1) is 11.8 Å². The molecule has 0 spiro atoms. The molecule has 94 valence electrons. The zero-order valence-electron chi connectivity index (χ0n) is 10.7. The van der Waals surface area contributed by atoms with Crippen molar-refractivity contribution in [1.29, 1.82) is 0 Å². The number of aliphatic hydroxyl groups is 1. The summed E-state index contributed by atoms with van der Waals surface area (Å²) in [4.78, 5) is 0. The second-order valence-electron chi connectivity index (χ2n) is 6.08. The van der Waals surface area contributed by atoms with Crippen molar-refractivity contribution >= 4 is 0 Å². The van der Waals surface area contributed by atoms with Crippen molar-refractivity contribution in [2.45, 2.75) is 51.7 Å². The third-order valence-electron chi connectivity index (χ3n) is 4.69. The number of hydrogen-bond donors (Lipinski definition) is 1. The van der Waals surface area contributed by atoms with Crippen LogP contribution in [0.1, 0.15) is 57.4 Å². The summed E-state index contributed by atoms with van der Waals surface area (Å²) in [5, 5.41) is 14.9. The van der Waals surface area contributed by atoms with Crippen molar-refractivity contribution in [3.63, 3.8) is 0 Å². The van der Waals surface area contributed by atoms with E-state index in [4.69, 9.17) is 0 Å². The van der Waals surface area contributed by atoms with Gasteiger partial charge in [0.25, 0.3) is 0 Å². The number of hydrogen-bond acceptors (Lipinski definition) is 2. The van der Waals surface area contributed by atoms with Gasteiger partial charge in [-0.25, -0.2) is 0 Å². The smallest absolute Gasteiger partial charge is 0.0987 e. The average Bonchev–Trinajstić information content (AvgIpc) is 3.02. The Hall–Kier alpha value is -0.830.